The third kappa shape index (κ3) is 4.13. The fourth-order valence-electron chi connectivity index (χ4n) is 3.01. The number of methoxy groups -OCH3 is 2. The number of amides is 3. The highest BCUT2D eigenvalue weighted by atomic mass is 16.5. The molecule has 142 valence electrons. The summed E-state index contributed by atoms with van der Waals surface area (Å²) in [6.07, 6.45) is 0. The van der Waals surface area contributed by atoms with Gasteiger partial charge in [0.25, 0.3) is 0 Å². The van der Waals surface area contributed by atoms with Gasteiger partial charge in [0.1, 0.15) is 18.0 Å². The van der Waals surface area contributed by atoms with E-state index in [1.165, 1.54) is 4.90 Å². The van der Waals surface area contributed by atoms with Gasteiger partial charge in [0, 0.05) is 18.8 Å². The summed E-state index contributed by atoms with van der Waals surface area (Å²) in [6, 6.07) is 12.6. The zero-order valence-corrected chi connectivity index (χ0v) is 15.7. The van der Waals surface area contributed by atoms with Crippen molar-refractivity contribution >= 4 is 23.3 Å². The SMILES string of the molecule is COc1ccc(N2CCN(CC(=O)Nc3cc(C)ccc3OC)C2=O)cc1. The summed E-state index contributed by atoms with van der Waals surface area (Å²) >= 11 is 0. The Hall–Kier alpha value is -3.22. The molecule has 0 unspecified atom stereocenters. The third-order valence-corrected chi connectivity index (χ3v) is 4.44. The number of hydrogen-bond acceptors (Lipinski definition) is 4. The van der Waals surface area contributed by atoms with Gasteiger partial charge >= 0.3 is 6.03 Å². The molecule has 2 aromatic rings. The molecule has 1 N–H and O–H groups in total. The van der Waals surface area contributed by atoms with E-state index in [2.05, 4.69) is 5.32 Å². The average Bonchev–Trinajstić information content (AvgIpc) is 3.02. The van der Waals surface area contributed by atoms with Crippen LogP contribution in [0.2, 0.25) is 0 Å². The van der Waals surface area contributed by atoms with E-state index in [0.29, 0.717) is 24.5 Å². The van der Waals surface area contributed by atoms with Crippen molar-refractivity contribution in [3.8, 4) is 11.5 Å². The Labute approximate surface area is 158 Å². The average molecular weight is 369 g/mol. The lowest BCUT2D eigenvalue weighted by molar-refractivity contribution is -0.116. The topological polar surface area (TPSA) is 71.1 Å². The van der Waals surface area contributed by atoms with Gasteiger partial charge in [-0.3, -0.25) is 9.69 Å². The standard InChI is InChI=1S/C20H23N3O4/c1-14-4-9-18(27-3)17(12-14)21-19(24)13-22-10-11-23(20(22)25)15-5-7-16(26-2)8-6-15/h4-9,12H,10-11,13H2,1-3H3,(H,21,24). The number of urea groups is 1. The van der Waals surface area contributed by atoms with Crippen LogP contribution in [0.3, 0.4) is 0 Å². The first kappa shape index (κ1) is 18.6. The minimum atomic E-state index is -0.260. The molecule has 7 heteroatoms. The zero-order chi connectivity index (χ0) is 19.4. The van der Waals surface area contributed by atoms with Crippen LogP contribution in [-0.4, -0.2) is 50.7 Å². The van der Waals surface area contributed by atoms with Crippen LogP contribution in [0.1, 0.15) is 5.56 Å². The summed E-state index contributed by atoms with van der Waals surface area (Å²) in [5, 5.41) is 2.83. The Bertz CT molecular complexity index is 836. The molecule has 0 bridgehead atoms. The molecule has 3 amide bonds. The Morgan fingerprint density at radius 1 is 1.07 bits per heavy atom. The van der Waals surface area contributed by atoms with E-state index in [4.69, 9.17) is 9.47 Å². The van der Waals surface area contributed by atoms with Crippen molar-refractivity contribution in [2.75, 3.05) is 44.1 Å². The normalized spacial score (nSPS) is 13.7. The van der Waals surface area contributed by atoms with Crippen LogP contribution < -0.4 is 19.7 Å². The first-order valence-corrected chi connectivity index (χ1v) is 8.67. The van der Waals surface area contributed by atoms with Crippen molar-refractivity contribution in [1.82, 2.24) is 4.90 Å². The van der Waals surface area contributed by atoms with E-state index in [9.17, 15) is 9.59 Å². The van der Waals surface area contributed by atoms with E-state index in [1.54, 1.807) is 25.2 Å². The van der Waals surface area contributed by atoms with E-state index < -0.39 is 0 Å². The van der Waals surface area contributed by atoms with Gasteiger partial charge in [-0.15, -0.1) is 0 Å². The Kier molecular flexibility index (Phi) is 5.49. The molecule has 1 aliphatic rings. The van der Waals surface area contributed by atoms with Crippen molar-refractivity contribution in [3.05, 3.63) is 48.0 Å². The number of aryl methyl sites for hydroxylation is 1. The van der Waals surface area contributed by atoms with Crippen molar-refractivity contribution in [1.29, 1.82) is 0 Å². The smallest absolute Gasteiger partial charge is 0.325 e. The predicted molar refractivity (Wildman–Crippen MR) is 104 cm³/mol. The lowest BCUT2D eigenvalue weighted by atomic mass is 10.2. The molecular weight excluding hydrogens is 346 g/mol. The maximum absolute atomic E-state index is 12.6. The van der Waals surface area contributed by atoms with Crippen LogP contribution in [0.5, 0.6) is 11.5 Å². The highest BCUT2D eigenvalue weighted by molar-refractivity contribution is 5.99. The fraction of sp³-hybridized carbons (Fsp3) is 0.300. The maximum Gasteiger partial charge on any atom is 0.325 e. The Balaban J connectivity index is 1.63. The van der Waals surface area contributed by atoms with Gasteiger partial charge < -0.3 is 19.7 Å². The lowest BCUT2D eigenvalue weighted by Crippen LogP contribution is -2.37. The third-order valence-electron chi connectivity index (χ3n) is 4.44. The minimum absolute atomic E-state index is 0.0113. The van der Waals surface area contributed by atoms with Crippen LogP contribution in [0, 0.1) is 6.92 Å². The maximum atomic E-state index is 12.6. The van der Waals surface area contributed by atoms with Crippen molar-refractivity contribution < 1.29 is 19.1 Å². The summed E-state index contributed by atoms with van der Waals surface area (Å²) in [7, 11) is 3.15. The molecule has 0 aliphatic carbocycles. The molecule has 0 spiro atoms. The molecule has 27 heavy (non-hydrogen) atoms. The quantitative estimate of drug-likeness (QED) is 0.850. The molecule has 0 radical (unpaired) electrons. The zero-order valence-electron chi connectivity index (χ0n) is 15.7. The molecular formula is C20H23N3O4. The summed E-state index contributed by atoms with van der Waals surface area (Å²) in [6.45, 7) is 2.95. The highest BCUT2D eigenvalue weighted by Gasteiger charge is 2.31. The number of nitrogens with one attached hydrogen (secondary N) is 1. The minimum Gasteiger partial charge on any atom is -0.497 e. The summed E-state index contributed by atoms with van der Waals surface area (Å²) in [5.74, 6) is 1.05. The monoisotopic (exact) mass is 369 g/mol. The molecule has 2 aromatic carbocycles. The van der Waals surface area contributed by atoms with Gasteiger partial charge in [-0.25, -0.2) is 4.79 Å². The number of nitrogens with zero attached hydrogens (tertiary/aromatic N) is 2. The largest absolute Gasteiger partial charge is 0.497 e. The second kappa shape index (κ2) is 7.99. The molecule has 1 fully saturated rings. The van der Waals surface area contributed by atoms with E-state index in [1.807, 2.05) is 43.3 Å². The van der Waals surface area contributed by atoms with Gasteiger partial charge in [0.05, 0.1) is 19.9 Å². The summed E-state index contributed by atoms with van der Waals surface area (Å²) in [4.78, 5) is 28.2. The Morgan fingerprint density at radius 3 is 2.48 bits per heavy atom. The van der Waals surface area contributed by atoms with Gasteiger partial charge in [0.2, 0.25) is 5.91 Å². The number of hydrogen-bond donors (Lipinski definition) is 1. The number of carbonyl (C=O) groups excluding carboxylic acids is 2. The van der Waals surface area contributed by atoms with Crippen molar-refractivity contribution in [2.45, 2.75) is 6.92 Å². The number of benzene rings is 2. The Morgan fingerprint density at radius 2 is 1.81 bits per heavy atom. The first-order chi connectivity index (χ1) is 13.0. The highest BCUT2D eigenvalue weighted by Crippen LogP contribution is 2.26. The van der Waals surface area contributed by atoms with Gasteiger partial charge in [0.15, 0.2) is 0 Å². The van der Waals surface area contributed by atoms with Gasteiger partial charge in [-0.1, -0.05) is 6.07 Å². The lowest BCUT2D eigenvalue weighted by Gasteiger charge is -2.19. The number of ether oxygens (including phenoxy) is 2. The second-order valence-corrected chi connectivity index (χ2v) is 6.31. The van der Waals surface area contributed by atoms with Crippen LogP contribution in [0.25, 0.3) is 0 Å². The van der Waals surface area contributed by atoms with Crippen LogP contribution in [-0.2, 0) is 4.79 Å². The molecule has 1 heterocycles. The van der Waals surface area contributed by atoms with Crippen molar-refractivity contribution in [2.24, 2.45) is 0 Å². The van der Waals surface area contributed by atoms with Crippen LogP contribution in [0.15, 0.2) is 42.5 Å². The summed E-state index contributed by atoms with van der Waals surface area (Å²) < 4.78 is 10.4. The summed E-state index contributed by atoms with van der Waals surface area (Å²) in [5.41, 5.74) is 2.39. The molecule has 0 aromatic heterocycles. The van der Waals surface area contributed by atoms with Crippen molar-refractivity contribution in [3.63, 3.8) is 0 Å². The van der Waals surface area contributed by atoms with Gasteiger partial charge in [-0.05, 0) is 48.9 Å². The van der Waals surface area contributed by atoms with Crippen LogP contribution >= 0.6 is 0 Å². The fourth-order valence-corrected chi connectivity index (χ4v) is 3.01. The molecule has 0 saturated carbocycles. The molecule has 7 nitrogen and oxygen atoms in total. The van der Waals surface area contributed by atoms with Crippen LogP contribution in [0.4, 0.5) is 16.2 Å². The second-order valence-electron chi connectivity index (χ2n) is 6.31. The van der Waals surface area contributed by atoms with E-state index >= 15 is 0 Å². The molecule has 1 saturated heterocycles. The molecule has 0 atom stereocenters. The number of carbonyl (C=O) groups is 2. The molecule has 1 aliphatic heterocycles. The van der Waals surface area contributed by atoms with E-state index in [-0.39, 0.29) is 18.5 Å². The first-order valence-electron chi connectivity index (χ1n) is 8.67. The predicted octanol–water partition coefficient (Wildman–Crippen LogP) is 2.89. The molecule has 3 rings (SSSR count). The number of anilines is 2. The number of rotatable bonds is 6. The van der Waals surface area contributed by atoms with Gasteiger partial charge in [-0.2, -0.15) is 0 Å². The van der Waals surface area contributed by atoms with E-state index in [0.717, 1.165) is 17.0 Å².